The summed E-state index contributed by atoms with van der Waals surface area (Å²) in [6.07, 6.45) is 0.459. The molecule has 0 saturated carbocycles. The Hall–Kier alpha value is -3.64. The number of imidazole rings is 1. The van der Waals surface area contributed by atoms with Gasteiger partial charge in [-0.2, -0.15) is 0 Å². The smallest absolute Gasteiger partial charge is 0.338 e. The molecule has 3 aromatic carbocycles. The molecule has 0 fully saturated rings. The highest BCUT2D eigenvalue weighted by Crippen LogP contribution is 2.18. The number of aromatic nitrogens is 2. The second-order valence-electron chi connectivity index (χ2n) is 6.97. The van der Waals surface area contributed by atoms with Crippen LogP contribution in [-0.4, -0.2) is 27.9 Å². The fourth-order valence-corrected chi connectivity index (χ4v) is 3.54. The summed E-state index contributed by atoms with van der Waals surface area (Å²) in [5, 5.41) is 0.526. The zero-order valence-corrected chi connectivity index (χ0v) is 17.3. The summed E-state index contributed by atoms with van der Waals surface area (Å²) in [7, 11) is 0. The van der Waals surface area contributed by atoms with Gasteiger partial charge in [0.25, 0.3) is 0 Å². The zero-order chi connectivity index (χ0) is 21.8. The normalized spacial score (nSPS) is 10.9. The topological polar surface area (TPSA) is 81.2 Å². The molecular weight excluding hydrogens is 416 g/mol. The minimum Gasteiger partial charge on any atom is -0.462 e. The fourth-order valence-electron chi connectivity index (χ4n) is 3.41. The molecule has 0 aliphatic heterocycles. The van der Waals surface area contributed by atoms with E-state index in [-0.39, 0.29) is 29.2 Å². The van der Waals surface area contributed by atoms with Crippen molar-refractivity contribution in [3.63, 3.8) is 0 Å². The summed E-state index contributed by atoms with van der Waals surface area (Å²) < 4.78 is 7.00. The Morgan fingerprint density at radius 1 is 0.903 bits per heavy atom. The van der Waals surface area contributed by atoms with Crippen LogP contribution in [0.2, 0.25) is 5.02 Å². The molecule has 0 saturated heterocycles. The van der Waals surface area contributed by atoms with Crippen LogP contribution in [0.1, 0.15) is 32.7 Å². The molecule has 6 nitrogen and oxygen atoms in total. The summed E-state index contributed by atoms with van der Waals surface area (Å²) in [4.78, 5) is 40.4. The lowest BCUT2D eigenvalue weighted by molar-refractivity contribution is 0.0493. The van der Waals surface area contributed by atoms with Crippen molar-refractivity contribution in [3.8, 4) is 0 Å². The number of nitrogens with zero attached hydrogens (tertiary/aromatic N) is 1. The molecule has 1 N–H and O–H groups in total. The van der Waals surface area contributed by atoms with Gasteiger partial charge >= 0.3 is 11.7 Å². The number of rotatable bonds is 7. The molecule has 4 aromatic rings. The van der Waals surface area contributed by atoms with Crippen LogP contribution in [0.4, 0.5) is 0 Å². The van der Waals surface area contributed by atoms with Crippen molar-refractivity contribution in [2.75, 3.05) is 6.61 Å². The summed E-state index contributed by atoms with van der Waals surface area (Å²) >= 11 is 5.89. The quantitative estimate of drug-likeness (QED) is 0.264. The van der Waals surface area contributed by atoms with Crippen LogP contribution in [0.15, 0.2) is 77.6 Å². The lowest BCUT2D eigenvalue weighted by atomic mass is 9.98. The number of nitrogens with one attached hydrogen (secondary N) is 1. The fraction of sp³-hybridized carbons (Fsp3) is 0.125. The Labute approximate surface area is 183 Å². The number of ether oxygens (including phenoxy) is 1. The average Bonchev–Trinajstić information content (AvgIpc) is 3.11. The first-order valence-corrected chi connectivity index (χ1v) is 10.2. The van der Waals surface area contributed by atoms with Crippen LogP contribution in [0.3, 0.4) is 0 Å². The second-order valence-corrected chi connectivity index (χ2v) is 7.41. The standard InChI is InChI=1S/C24H19ClN2O4/c25-17-12-10-16(11-13-17)22(28)18-6-1-2-7-19(18)23(29)31-15-5-14-27-21-9-4-3-8-20(21)26-24(27)30/h1-4,6-13H,5,14-15H2,(H,26,30). The van der Waals surface area contributed by atoms with E-state index in [9.17, 15) is 14.4 Å². The van der Waals surface area contributed by atoms with E-state index in [1.807, 2.05) is 24.3 Å². The van der Waals surface area contributed by atoms with Crippen molar-refractivity contribution in [3.05, 3.63) is 105 Å². The predicted molar refractivity (Wildman–Crippen MR) is 119 cm³/mol. The highest BCUT2D eigenvalue weighted by atomic mass is 35.5. The number of H-pyrrole nitrogens is 1. The molecule has 0 radical (unpaired) electrons. The number of aromatic amines is 1. The maximum absolute atomic E-state index is 12.8. The van der Waals surface area contributed by atoms with Crippen molar-refractivity contribution in [2.24, 2.45) is 0 Å². The third kappa shape index (κ3) is 4.44. The van der Waals surface area contributed by atoms with Gasteiger partial charge in [0, 0.05) is 22.7 Å². The number of esters is 1. The number of benzene rings is 3. The number of carbonyl (C=O) groups is 2. The van der Waals surface area contributed by atoms with Crippen molar-refractivity contribution in [1.82, 2.24) is 9.55 Å². The number of hydrogen-bond donors (Lipinski definition) is 1. The van der Waals surface area contributed by atoms with Crippen LogP contribution >= 0.6 is 11.6 Å². The maximum atomic E-state index is 12.8. The van der Waals surface area contributed by atoms with E-state index in [1.165, 1.54) is 0 Å². The second kappa shape index (κ2) is 9.02. The number of hydrogen-bond acceptors (Lipinski definition) is 4. The molecular formula is C24H19ClN2O4. The molecule has 156 valence electrons. The Balaban J connectivity index is 1.42. The van der Waals surface area contributed by atoms with Crippen LogP contribution in [0, 0.1) is 0 Å². The monoisotopic (exact) mass is 434 g/mol. The first kappa shape index (κ1) is 20.6. The van der Waals surface area contributed by atoms with Gasteiger partial charge in [-0.25, -0.2) is 9.59 Å². The van der Waals surface area contributed by atoms with Crippen LogP contribution in [0.25, 0.3) is 11.0 Å². The number of para-hydroxylation sites is 2. The minimum absolute atomic E-state index is 0.119. The van der Waals surface area contributed by atoms with E-state index in [1.54, 1.807) is 53.1 Å². The molecule has 7 heteroatoms. The molecule has 0 amide bonds. The molecule has 0 atom stereocenters. The van der Waals surface area contributed by atoms with Gasteiger partial charge < -0.3 is 9.72 Å². The van der Waals surface area contributed by atoms with Crippen molar-refractivity contribution in [1.29, 1.82) is 0 Å². The molecule has 31 heavy (non-hydrogen) atoms. The Morgan fingerprint density at radius 2 is 1.58 bits per heavy atom. The van der Waals surface area contributed by atoms with Crippen LogP contribution < -0.4 is 5.69 Å². The minimum atomic E-state index is -0.579. The Bertz CT molecular complexity index is 1310. The van der Waals surface area contributed by atoms with Crippen molar-refractivity contribution in [2.45, 2.75) is 13.0 Å². The molecule has 0 bridgehead atoms. The van der Waals surface area contributed by atoms with Gasteiger partial charge in [-0.3, -0.25) is 9.36 Å². The predicted octanol–water partition coefficient (Wildman–Crippen LogP) is 4.46. The Kier molecular flexibility index (Phi) is 6.00. The lowest BCUT2D eigenvalue weighted by Crippen LogP contribution is -2.18. The summed E-state index contributed by atoms with van der Waals surface area (Å²) in [5.74, 6) is -0.862. The van der Waals surface area contributed by atoms with Crippen LogP contribution in [0.5, 0.6) is 0 Å². The maximum Gasteiger partial charge on any atom is 0.338 e. The number of carbonyl (C=O) groups excluding carboxylic acids is 2. The zero-order valence-electron chi connectivity index (χ0n) is 16.5. The Morgan fingerprint density at radius 3 is 2.35 bits per heavy atom. The van der Waals surface area contributed by atoms with Crippen LogP contribution in [-0.2, 0) is 11.3 Å². The molecule has 0 spiro atoms. The SMILES string of the molecule is O=C(OCCCn1c(=O)[nH]c2ccccc21)c1ccccc1C(=O)c1ccc(Cl)cc1. The van der Waals surface area contributed by atoms with E-state index in [0.29, 0.717) is 23.6 Å². The van der Waals surface area contributed by atoms with Crippen molar-refractivity contribution >= 4 is 34.4 Å². The number of halogens is 1. The highest BCUT2D eigenvalue weighted by Gasteiger charge is 2.19. The van der Waals surface area contributed by atoms with Gasteiger partial charge in [0.15, 0.2) is 5.78 Å². The first-order valence-electron chi connectivity index (χ1n) is 9.78. The molecule has 0 aliphatic rings. The molecule has 1 heterocycles. The van der Waals surface area contributed by atoms with E-state index in [0.717, 1.165) is 11.0 Å². The third-order valence-corrected chi connectivity index (χ3v) is 5.19. The summed E-state index contributed by atoms with van der Waals surface area (Å²) in [5.41, 5.74) is 2.26. The van der Waals surface area contributed by atoms with E-state index >= 15 is 0 Å². The number of aryl methyl sites for hydroxylation is 1. The van der Waals surface area contributed by atoms with Gasteiger partial charge in [-0.05, 0) is 48.9 Å². The van der Waals surface area contributed by atoms with Crippen molar-refractivity contribution < 1.29 is 14.3 Å². The lowest BCUT2D eigenvalue weighted by Gasteiger charge is -2.10. The van der Waals surface area contributed by atoms with E-state index in [4.69, 9.17) is 16.3 Å². The van der Waals surface area contributed by atoms with Gasteiger partial charge in [0.1, 0.15) is 0 Å². The summed E-state index contributed by atoms with van der Waals surface area (Å²) in [6, 6.07) is 20.4. The largest absolute Gasteiger partial charge is 0.462 e. The molecule has 1 aromatic heterocycles. The first-order chi connectivity index (χ1) is 15.0. The summed E-state index contributed by atoms with van der Waals surface area (Å²) in [6.45, 7) is 0.524. The number of ketones is 1. The van der Waals surface area contributed by atoms with E-state index in [2.05, 4.69) is 4.98 Å². The molecule has 0 unspecified atom stereocenters. The van der Waals surface area contributed by atoms with Gasteiger partial charge in [-0.1, -0.05) is 41.9 Å². The molecule has 0 aliphatic carbocycles. The average molecular weight is 435 g/mol. The van der Waals surface area contributed by atoms with E-state index < -0.39 is 5.97 Å². The van der Waals surface area contributed by atoms with Gasteiger partial charge in [-0.15, -0.1) is 0 Å². The third-order valence-electron chi connectivity index (χ3n) is 4.94. The highest BCUT2D eigenvalue weighted by molar-refractivity contribution is 6.30. The molecule has 4 rings (SSSR count). The number of fused-ring (bicyclic) bond motifs is 1. The van der Waals surface area contributed by atoms with Gasteiger partial charge in [0.05, 0.1) is 23.2 Å². The van der Waals surface area contributed by atoms with Gasteiger partial charge in [0.2, 0.25) is 0 Å².